The fraction of sp³-hybridized carbons (Fsp3) is 0.290. The number of benzene rings is 1. The van der Waals surface area contributed by atoms with Gasteiger partial charge in [-0.3, -0.25) is 9.58 Å². The van der Waals surface area contributed by atoms with Crippen LogP contribution in [0.4, 0.5) is 8.78 Å². The second-order valence-corrected chi connectivity index (χ2v) is 10.3. The fourth-order valence-electron chi connectivity index (χ4n) is 4.82. The number of halogens is 2. The Morgan fingerprint density at radius 1 is 1.27 bits per heavy atom. The summed E-state index contributed by atoms with van der Waals surface area (Å²) in [6.45, 7) is 18.2. The van der Waals surface area contributed by atoms with Crippen molar-refractivity contribution in [1.29, 1.82) is 0 Å². The molecule has 6 nitrogen and oxygen atoms in total. The minimum absolute atomic E-state index is 0. The zero-order chi connectivity index (χ0) is 28.3. The molecule has 1 saturated heterocycles. The van der Waals surface area contributed by atoms with Crippen molar-refractivity contribution in [2.75, 3.05) is 13.1 Å². The molecule has 0 spiro atoms. The first kappa shape index (κ1) is 30.8. The van der Waals surface area contributed by atoms with E-state index in [0.717, 1.165) is 6.42 Å². The minimum Gasteiger partial charge on any atom is -0.494 e. The summed E-state index contributed by atoms with van der Waals surface area (Å²) in [5.41, 5.74) is 3.22. The Hall–Kier alpha value is -3.77. The average Bonchev–Trinajstić information content (AvgIpc) is 3.55. The lowest BCUT2D eigenvalue weighted by atomic mass is 9.99. The molecule has 2 aliphatic heterocycles. The normalized spacial score (nSPS) is 17.9. The molecule has 2 aliphatic rings. The van der Waals surface area contributed by atoms with Crippen LogP contribution in [0.1, 0.15) is 39.0 Å². The first-order valence-corrected chi connectivity index (χ1v) is 13.4. The summed E-state index contributed by atoms with van der Waals surface area (Å²) < 4.78 is 30.0. The molecule has 1 aromatic carbocycles. The lowest BCUT2D eigenvalue weighted by molar-refractivity contribution is 0.258. The van der Waals surface area contributed by atoms with Gasteiger partial charge in [0.05, 0.1) is 17.8 Å². The van der Waals surface area contributed by atoms with Crippen molar-refractivity contribution in [1.82, 2.24) is 19.6 Å². The van der Waals surface area contributed by atoms with E-state index in [1.54, 1.807) is 22.6 Å². The first-order valence-electron chi connectivity index (χ1n) is 12.8. The molecular formula is C31H38F2N5OP. The maximum absolute atomic E-state index is 14.2. The summed E-state index contributed by atoms with van der Waals surface area (Å²) in [5, 5.41) is 16.9. The average molecular weight is 566 g/mol. The van der Waals surface area contributed by atoms with Gasteiger partial charge in [-0.05, 0) is 73.1 Å². The third kappa shape index (κ3) is 6.68. The van der Waals surface area contributed by atoms with Crippen LogP contribution in [-0.4, -0.2) is 43.6 Å². The van der Waals surface area contributed by atoms with Crippen LogP contribution < -0.4 is 5.30 Å². The van der Waals surface area contributed by atoms with Crippen molar-refractivity contribution in [3.05, 3.63) is 120 Å². The number of hydrogen-bond acceptors (Lipinski definition) is 5. The van der Waals surface area contributed by atoms with Crippen molar-refractivity contribution in [3.63, 3.8) is 0 Å². The van der Waals surface area contributed by atoms with Gasteiger partial charge in [0.15, 0.2) is 5.84 Å². The molecule has 0 bridgehead atoms. The molecule has 3 heterocycles. The maximum atomic E-state index is 14.2. The summed E-state index contributed by atoms with van der Waals surface area (Å²) in [6, 6.07) is 6.50. The Morgan fingerprint density at radius 3 is 2.67 bits per heavy atom. The number of aliphatic hydroxyl groups is 1. The number of likely N-dealkylation sites (tertiary alicyclic amines) is 1. The van der Waals surface area contributed by atoms with Crippen molar-refractivity contribution in [2.45, 2.75) is 40.8 Å². The highest BCUT2D eigenvalue weighted by Gasteiger charge is 2.34. The zero-order valence-electron chi connectivity index (χ0n) is 22.4. The first-order chi connectivity index (χ1) is 18.6. The molecule has 9 heteroatoms. The van der Waals surface area contributed by atoms with Gasteiger partial charge in [0, 0.05) is 37.4 Å². The molecule has 0 saturated carbocycles. The zero-order valence-corrected chi connectivity index (χ0v) is 23.5. The van der Waals surface area contributed by atoms with E-state index in [1.165, 1.54) is 24.3 Å². The number of aryl methyl sites for hydroxylation is 1. The Morgan fingerprint density at radius 2 is 2.02 bits per heavy atom. The number of amidine groups is 1. The Balaban J connectivity index is 0.00000441. The van der Waals surface area contributed by atoms with Gasteiger partial charge in [0.25, 0.3) is 0 Å². The molecule has 40 heavy (non-hydrogen) atoms. The smallest absolute Gasteiger partial charge is 0.204 e. The van der Waals surface area contributed by atoms with Gasteiger partial charge in [-0.1, -0.05) is 33.2 Å². The summed E-state index contributed by atoms with van der Waals surface area (Å²) in [7, 11) is 2.50. The number of hydrogen-bond donors (Lipinski definition) is 1. The Kier molecular flexibility index (Phi) is 10.0. The minimum atomic E-state index is -0.371. The summed E-state index contributed by atoms with van der Waals surface area (Å²) in [5.74, 6) is -0.345. The molecule has 4 rings (SSSR count). The third-order valence-corrected chi connectivity index (χ3v) is 7.14. The fourth-order valence-corrected chi connectivity index (χ4v) is 5.20. The molecule has 2 unspecified atom stereocenters. The molecule has 1 fully saturated rings. The maximum Gasteiger partial charge on any atom is 0.204 e. The highest BCUT2D eigenvalue weighted by atomic mass is 31.0. The van der Waals surface area contributed by atoms with Gasteiger partial charge in [-0.2, -0.15) is 5.10 Å². The van der Waals surface area contributed by atoms with E-state index in [-0.39, 0.29) is 37.4 Å². The van der Waals surface area contributed by atoms with E-state index < -0.39 is 0 Å². The van der Waals surface area contributed by atoms with Gasteiger partial charge < -0.3 is 10.0 Å². The molecular weight excluding hydrogens is 527 g/mol. The highest BCUT2D eigenvalue weighted by molar-refractivity contribution is 7.27. The second-order valence-electron chi connectivity index (χ2n) is 9.60. The topological polar surface area (TPSA) is 56.9 Å². The highest BCUT2D eigenvalue weighted by Crippen LogP contribution is 2.36. The predicted molar refractivity (Wildman–Crippen MR) is 163 cm³/mol. The van der Waals surface area contributed by atoms with E-state index in [1.807, 2.05) is 30.2 Å². The Labute approximate surface area is 238 Å². The number of aromatic nitrogens is 2. The number of aliphatic hydroxyl groups excluding tert-OH is 1. The van der Waals surface area contributed by atoms with Gasteiger partial charge >= 0.3 is 0 Å². The van der Waals surface area contributed by atoms with Crippen LogP contribution in [0.25, 0.3) is 0 Å². The number of allylic oxidation sites excluding steroid dienone is 4. The molecule has 1 aromatic heterocycles. The third-order valence-electron chi connectivity index (χ3n) is 6.81. The molecule has 2 aromatic rings. The van der Waals surface area contributed by atoms with Gasteiger partial charge in [-0.25, -0.2) is 13.8 Å². The van der Waals surface area contributed by atoms with Gasteiger partial charge in [-0.15, -0.1) is 9.24 Å². The molecule has 0 aliphatic carbocycles. The van der Waals surface area contributed by atoms with Crippen molar-refractivity contribution >= 4 is 20.4 Å². The van der Waals surface area contributed by atoms with Crippen LogP contribution in [0.2, 0.25) is 0 Å². The number of nitrogens with zero attached hydrogens (tertiary/aromatic N) is 5. The van der Waals surface area contributed by atoms with E-state index in [2.05, 4.69) is 34.1 Å². The molecule has 0 amide bonds. The molecule has 1 N–H and O–H groups in total. The monoisotopic (exact) mass is 565 g/mol. The summed E-state index contributed by atoms with van der Waals surface area (Å²) in [4.78, 5) is 8.38. The second kappa shape index (κ2) is 13.1. The standard InChI is InChI=1S/C30H34F2N5OP.CH4/c1-6-8-24(31)13-19(3)23-9-11-35(18-23)21(5)28-20(4)33-29(27-10-12-36(7-2)34-27)37(30(28)38)17-22-14-25(32)16-26(39)15-22;/h6,8,10,12-16,23,38H,3-5,7,9,11,17-18,39H2,1-2H3;1H4/b8-6-,24-13+;. The van der Waals surface area contributed by atoms with E-state index in [9.17, 15) is 13.9 Å². The largest absolute Gasteiger partial charge is 0.494 e. The van der Waals surface area contributed by atoms with Crippen LogP contribution in [0.3, 0.4) is 0 Å². The molecule has 212 valence electrons. The van der Waals surface area contributed by atoms with Crippen molar-refractivity contribution < 1.29 is 13.9 Å². The van der Waals surface area contributed by atoms with Crippen LogP contribution in [-0.2, 0) is 13.1 Å². The number of rotatable bonds is 9. The lowest BCUT2D eigenvalue weighted by Gasteiger charge is -2.33. The SMILES string of the molecule is C.C=C1N=C(c2ccn(CC)n2)N(Cc2cc(F)cc(P)c2)C(O)=C1C(=C)N1CCC(C(=C)/C=C(F)\C=C/C)C1. The molecule has 0 radical (unpaired) electrons. The van der Waals surface area contributed by atoms with E-state index in [4.69, 9.17) is 4.99 Å². The molecule has 2 atom stereocenters. The van der Waals surface area contributed by atoms with Crippen molar-refractivity contribution in [2.24, 2.45) is 10.9 Å². The van der Waals surface area contributed by atoms with Gasteiger partial charge in [0.1, 0.15) is 17.3 Å². The quantitative estimate of drug-likeness (QED) is 0.277. The van der Waals surface area contributed by atoms with E-state index in [0.29, 0.717) is 64.6 Å². The Bertz CT molecular complexity index is 1410. The predicted octanol–water partition coefficient (Wildman–Crippen LogP) is 6.55. The van der Waals surface area contributed by atoms with E-state index >= 15 is 0 Å². The summed E-state index contributed by atoms with van der Waals surface area (Å²) in [6.07, 6.45) is 7.11. The van der Waals surface area contributed by atoms with Crippen molar-refractivity contribution in [3.8, 4) is 0 Å². The van der Waals surface area contributed by atoms with Gasteiger partial charge in [0.2, 0.25) is 5.88 Å². The number of aliphatic imine (C=N–C) groups is 1. The summed E-state index contributed by atoms with van der Waals surface area (Å²) >= 11 is 0. The lowest BCUT2D eigenvalue weighted by Crippen LogP contribution is -2.36. The van der Waals surface area contributed by atoms with Crippen LogP contribution in [0.15, 0.2) is 108 Å². The van der Waals surface area contributed by atoms with Crippen LogP contribution >= 0.6 is 9.24 Å². The van der Waals surface area contributed by atoms with Crippen LogP contribution in [0, 0.1) is 11.7 Å². The van der Waals surface area contributed by atoms with Crippen LogP contribution in [0.5, 0.6) is 0 Å².